The highest BCUT2D eigenvalue weighted by Gasteiger charge is 2.14. The van der Waals surface area contributed by atoms with Crippen LogP contribution in [0.3, 0.4) is 0 Å². The topological polar surface area (TPSA) is 162 Å². The Hall–Kier alpha value is -4.91. The highest BCUT2D eigenvalue weighted by Crippen LogP contribution is 2.24. The highest BCUT2D eigenvalue weighted by molar-refractivity contribution is 7.15. The van der Waals surface area contributed by atoms with E-state index in [9.17, 15) is 19.7 Å². The van der Waals surface area contributed by atoms with E-state index in [2.05, 4.69) is 26.0 Å². The van der Waals surface area contributed by atoms with E-state index in [0.717, 1.165) is 16.9 Å². The fourth-order valence-corrected chi connectivity index (χ4v) is 3.64. The molecule has 2 aromatic heterocycles. The Balaban J connectivity index is 1.36. The molecule has 0 bridgehead atoms. The van der Waals surface area contributed by atoms with Crippen molar-refractivity contribution in [1.29, 1.82) is 0 Å². The summed E-state index contributed by atoms with van der Waals surface area (Å²) in [7, 11) is 0. The van der Waals surface area contributed by atoms with Gasteiger partial charge in [-0.3, -0.25) is 25.0 Å². The van der Waals surface area contributed by atoms with Crippen LogP contribution in [-0.2, 0) is 17.8 Å². The van der Waals surface area contributed by atoms with E-state index in [-0.39, 0.29) is 29.6 Å². The molecule has 2 amide bonds. The number of rotatable bonds is 10. The third-order valence-electron chi connectivity index (χ3n) is 4.58. The number of nitrogens with zero attached hydrogens (tertiary/aromatic N) is 4. The highest BCUT2D eigenvalue weighted by atomic mass is 32.1. The molecule has 182 valence electrons. The van der Waals surface area contributed by atoms with Crippen LogP contribution in [-0.4, -0.2) is 33.1 Å². The molecule has 0 fully saturated rings. The van der Waals surface area contributed by atoms with Gasteiger partial charge in [0.25, 0.3) is 11.6 Å². The number of aromatic nitrogens is 2. The number of anilines is 1. The maximum atomic E-state index is 12.3. The van der Waals surface area contributed by atoms with Gasteiger partial charge in [0.2, 0.25) is 11.0 Å². The van der Waals surface area contributed by atoms with Crippen LogP contribution in [0.25, 0.3) is 0 Å². The van der Waals surface area contributed by atoms with Gasteiger partial charge < -0.3 is 9.15 Å². The summed E-state index contributed by atoms with van der Waals surface area (Å²) < 4.78 is 10.8. The SMILES string of the molecule is O=C(Cc1nnc(NC(=O)c2ccco2)s1)N/N=C\c1cc([N+](=O)[O-])ccc1OCc1ccccc1. The number of furan rings is 1. The number of ether oxygens (including phenoxy) is 1. The number of carbonyl (C=O) groups is 2. The van der Waals surface area contributed by atoms with E-state index in [1.54, 1.807) is 6.07 Å². The van der Waals surface area contributed by atoms with Crippen LogP contribution in [0.1, 0.15) is 26.7 Å². The Bertz CT molecular complexity index is 1390. The largest absolute Gasteiger partial charge is 0.488 e. The predicted molar refractivity (Wildman–Crippen MR) is 130 cm³/mol. The summed E-state index contributed by atoms with van der Waals surface area (Å²) in [5, 5.41) is 25.8. The van der Waals surface area contributed by atoms with Crippen LogP contribution in [0.2, 0.25) is 0 Å². The minimum absolute atomic E-state index is 0.118. The lowest BCUT2D eigenvalue weighted by Crippen LogP contribution is -2.19. The number of hydrogen-bond donors (Lipinski definition) is 2. The van der Waals surface area contributed by atoms with Gasteiger partial charge in [-0.25, -0.2) is 5.43 Å². The summed E-state index contributed by atoms with van der Waals surface area (Å²) in [6.07, 6.45) is 2.50. The summed E-state index contributed by atoms with van der Waals surface area (Å²) in [6, 6.07) is 16.6. The summed E-state index contributed by atoms with van der Waals surface area (Å²) >= 11 is 1.03. The van der Waals surface area contributed by atoms with Gasteiger partial charge in [0, 0.05) is 17.7 Å². The van der Waals surface area contributed by atoms with Crippen molar-refractivity contribution < 1.29 is 23.7 Å². The molecule has 12 nitrogen and oxygen atoms in total. The average Bonchev–Trinajstić information content (AvgIpc) is 3.56. The van der Waals surface area contributed by atoms with Crippen molar-refractivity contribution in [2.24, 2.45) is 5.10 Å². The zero-order chi connectivity index (χ0) is 25.3. The monoisotopic (exact) mass is 506 g/mol. The van der Waals surface area contributed by atoms with Crippen molar-refractivity contribution in [3.8, 4) is 5.75 Å². The minimum atomic E-state index is -0.533. The second-order valence-electron chi connectivity index (χ2n) is 7.16. The van der Waals surface area contributed by atoms with E-state index in [1.807, 2.05) is 30.3 Å². The summed E-state index contributed by atoms with van der Waals surface area (Å²) in [4.78, 5) is 34.9. The Kier molecular flexibility index (Phi) is 7.73. The van der Waals surface area contributed by atoms with Crippen LogP contribution >= 0.6 is 11.3 Å². The van der Waals surface area contributed by atoms with Gasteiger partial charge in [0.1, 0.15) is 17.4 Å². The van der Waals surface area contributed by atoms with Crippen LogP contribution in [0.15, 0.2) is 76.4 Å². The molecule has 0 aliphatic heterocycles. The van der Waals surface area contributed by atoms with E-state index in [4.69, 9.17) is 9.15 Å². The maximum absolute atomic E-state index is 12.3. The molecule has 2 heterocycles. The Morgan fingerprint density at radius 2 is 1.97 bits per heavy atom. The molecule has 0 spiro atoms. The smallest absolute Gasteiger partial charge is 0.293 e. The minimum Gasteiger partial charge on any atom is -0.488 e. The normalized spacial score (nSPS) is 10.8. The first kappa shape index (κ1) is 24.2. The number of hydrazone groups is 1. The quantitative estimate of drug-likeness (QED) is 0.187. The van der Waals surface area contributed by atoms with Crippen molar-refractivity contribution in [1.82, 2.24) is 15.6 Å². The molecule has 0 saturated heterocycles. The first-order valence-corrected chi connectivity index (χ1v) is 11.2. The van der Waals surface area contributed by atoms with Crippen molar-refractivity contribution in [2.45, 2.75) is 13.0 Å². The van der Waals surface area contributed by atoms with Gasteiger partial charge in [-0.1, -0.05) is 41.7 Å². The molecular weight excluding hydrogens is 488 g/mol. The molecule has 2 N–H and O–H groups in total. The van der Waals surface area contributed by atoms with Gasteiger partial charge >= 0.3 is 0 Å². The van der Waals surface area contributed by atoms with E-state index in [1.165, 1.54) is 36.7 Å². The molecule has 2 aromatic carbocycles. The molecule has 4 rings (SSSR count). The van der Waals surface area contributed by atoms with Crippen LogP contribution in [0.4, 0.5) is 10.8 Å². The number of carbonyl (C=O) groups excluding carboxylic acids is 2. The van der Waals surface area contributed by atoms with Crippen molar-refractivity contribution >= 4 is 40.2 Å². The predicted octanol–water partition coefficient (Wildman–Crippen LogP) is 3.56. The summed E-state index contributed by atoms with van der Waals surface area (Å²) in [5.41, 5.74) is 3.44. The molecule has 36 heavy (non-hydrogen) atoms. The summed E-state index contributed by atoms with van der Waals surface area (Å²) in [5.74, 6) is -0.502. The molecule has 0 unspecified atom stereocenters. The van der Waals surface area contributed by atoms with E-state index < -0.39 is 16.7 Å². The van der Waals surface area contributed by atoms with Crippen LogP contribution in [0.5, 0.6) is 5.75 Å². The first-order valence-electron chi connectivity index (χ1n) is 10.4. The molecular formula is C23H18N6O6S. The number of benzene rings is 2. The Morgan fingerprint density at radius 1 is 1.14 bits per heavy atom. The number of hydrogen-bond acceptors (Lipinski definition) is 10. The lowest BCUT2D eigenvalue weighted by Gasteiger charge is -2.09. The number of amides is 2. The Morgan fingerprint density at radius 3 is 2.72 bits per heavy atom. The second-order valence-corrected chi connectivity index (χ2v) is 8.22. The third-order valence-corrected chi connectivity index (χ3v) is 5.42. The molecule has 0 aliphatic rings. The lowest BCUT2D eigenvalue weighted by atomic mass is 10.2. The lowest BCUT2D eigenvalue weighted by molar-refractivity contribution is -0.384. The van der Waals surface area contributed by atoms with Gasteiger partial charge in [0.05, 0.1) is 23.8 Å². The molecule has 0 saturated carbocycles. The molecule has 0 aliphatic carbocycles. The van der Waals surface area contributed by atoms with Gasteiger partial charge in [0.15, 0.2) is 5.76 Å². The molecule has 0 radical (unpaired) electrons. The standard InChI is InChI=1S/C23H18N6O6S/c30-20(12-21-27-28-23(36-21)25-22(31)19-7-4-10-34-19)26-24-13-16-11-17(29(32)33)8-9-18(16)35-14-15-5-2-1-3-6-15/h1-11,13H,12,14H2,(H,26,30)(H,25,28,31)/b24-13-. The average molecular weight is 507 g/mol. The van der Waals surface area contributed by atoms with Gasteiger partial charge in [-0.05, 0) is 23.8 Å². The van der Waals surface area contributed by atoms with E-state index >= 15 is 0 Å². The fraction of sp³-hybridized carbons (Fsp3) is 0.0870. The number of nitro benzene ring substituents is 1. The third kappa shape index (κ3) is 6.57. The second kappa shape index (κ2) is 11.5. The van der Waals surface area contributed by atoms with Crippen molar-refractivity contribution in [3.63, 3.8) is 0 Å². The molecule has 13 heteroatoms. The summed E-state index contributed by atoms with van der Waals surface area (Å²) in [6.45, 7) is 0.252. The zero-order valence-corrected chi connectivity index (χ0v) is 19.3. The Labute approximate surface area is 207 Å². The van der Waals surface area contributed by atoms with Gasteiger partial charge in [-0.15, -0.1) is 10.2 Å². The fourth-order valence-electron chi connectivity index (χ4n) is 2.91. The van der Waals surface area contributed by atoms with Crippen LogP contribution < -0.4 is 15.5 Å². The van der Waals surface area contributed by atoms with Crippen molar-refractivity contribution in [3.05, 3.63) is 98.9 Å². The first-order chi connectivity index (χ1) is 17.5. The zero-order valence-electron chi connectivity index (χ0n) is 18.5. The number of non-ortho nitro benzene ring substituents is 1. The maximum Gasteiger partial charge on any atom is 0.293 e. The molecule has 0 atom stereocenters. The van der Waals surface area contributed by atoms with E-state index in [0.29, 0.717) is 16.3 Å². The van der Waals surface area contributed by atoms with Gasteiger partial charge in [-0.2, -0.15) is 5.10 Å². The number of nitro groups is 1. The molecule has 4 aromatic rings. The van der Waals surface area contributed by atoms with Crippen LogP contribution in [0, 0.1) is 10.1 Å². The van der Waals surface area contributed by atoms with Crippen molar-refractivity contribution in [2.75, 3.05) is 5.32 Å². The number of nitrogens with one attached hydrogen (secondary N) is 2.